The van der Waals surface area contributed by atoms with Gasteiger partial charge in [-0.1, -0.05) is 11.8 Å². The lowest BCUT2D eigenvalue weighted by Gasteiger charge is -2.04. The zero-order chi connectivity index (χ0) is 13.5. The molecule has 0 aliphatic rings. The first-order valence-electron chi connectivity index (χ1n) is 6.08. The Morgan fingerprint density at radius 1 is 1.32 bits per heavy atom. The molecule has 0 amide bonds. The van der Waals surface area contributed by atoms with Gasteiger partial charge in [-0.15, -0.1) is 0 Å². The number of aliphatic hydroxyl groups is 1. The fourth-order valence-electron chi connectivity index (χ4n) is 1.66. The predicted octanol–water partition coefficient (Wildman–Crippen LogP) is 1.39. The largest absolute Gasteiger partial charge is 0.493 e. The van der Waals surface area contributed by atoms with Crippen molar-refractivity contribution in [2.45, 2.75) is 6.42 Å². The lowest BCUT2D eigenvalue weighted by Crippen LogP contribution is -2.00. The van der Waals surface area contributed by atoms with E-state index in [0.29, 0.717) is 6.61 Å². The molecule has 0 aliphatic carbocycles. The standard InChI is InChI=1S/C15H16N2O2/c1-17-12-14(11-16-17)8-10-19-15-6-4-13(5-7-15)3-2-9-18/h4-7,11-12,18H,8-10H2,1H3. The smallest absolute Gasteiger partial charge is 0.119 e. The third-order valence-electron chi connectivity index (χ3n) is 2.58. The highest BCUT2D eigenvalue weighted by Gasteiger charge is 1.98. The second-order valence-electron chi connectivity index (χ2n) is 4.10. The molecule has 19 heavy (non-hydrogen) atoms. The molecule has 0 atom stereocenters. The number of aliphatic hydroxyl groups excluding tert-OH is 1. The minimum Gasteiger partial charge on any atom is -0.493 e. The first-order chi connectivity index (χ1) is 9.28. The zero-order valence-electron chi connectivity index (χ0n) is 10.8. The molecule has 0 bridgehead atoms. The van der Waals surface area contributed by atoms with Gasteiger partial charge in [0.15, 0.2) is 0 Å². The summed E-state index contributed by atoms with van der Waals surface area (Å²) in [5.41, 5.74) is 2.03. The molecule has 2 rings (SSSR count). The molecule has 0 saturated carbocycles. The van der Waals surface area contributed by atoms with Gasteiger partial charge in [0.1, 0.15) is 12.4 Å². The number of hydrogen-bond donors (Lipinski definition) is 1. The Balaban J connectivity index is 1.83. The van der Waals surface area contributed by atoms with E-state index in [2.05, 4.69) is 16.9 Å². The first kappa shape index (κ1) is 13.2. The van der Waals surface area contributed by atoms with E-state index in [0.717, 1.165) is 23.3 Å². The van der Waals surface area contributed by atoms with Gasteiger partial charge in [0.25, 0.3) is 0 Å². The molecule has 98 valence electrons. The molecular formula is C15H16N2O2. The van der Waals surface area contributed by atoms with Crippen molar-refractivity contribution in [2.75, 3.05) is 13.2 Å². The van der Waals surface area contributed by atoms with E-state index in [1.54, 1.807) is 4.68 Å². The fourth-order valence-corrected chi connectivity index (χ4v) is 1.66. The zero-order valence-corrected chi connectivity index (χ0v) is 10.8. The molecule has 0 aliphatic heterocycles. The molecular weight excluding hydrogens is 240 g/mol. The van der Waals surface area contributed by atoms with Crippen molar-refractivity contribution in [1.29, 1.82) is 0 Å². The second kappa shape index (κ2) is 6.62. The summed E-state index contributed by atoms with van der Waals surface area (Å²) in [5, 5.41) is 12.7. The molecule has 0 saturated heterocycles. The molecule has 1 N–H and O–H groups in total. The number of hydrogen-bond acceptors (Lipinski definition) is 3. The van der Waals surface area contributed by atoms with E-state index in [-0.39, 0.29) is 6.61 Å². The average molecular weight is 256 g/mol. The van der Waals surface area contributed by atoms with Gasteiger partial charge < -0.3 is 9.84 Å². The lowest BCUT2D eigenvalue weighted by molar-refractivity contribution is 0.322. The maximum atomic E-state index is 8.60. The molecule has 2 aromatic rings. The summed E-state index contributed by atoms with van der Waals surface area (Å²) in [4.78, 5) is 0. The van der Waals surface area contributed by atoms with Crippen molar-refractivity contribution in [3.8, 4) is 17.6 Å². The highest BCUT2D eigenvalue weighted by atomic mass is 16.5. The SMILES string of the molecule is Cn1cc(CCOc2ccc(C#CCO)cc2)cn1. The molecule has 0 radical (unpaired) electrons. The van der Waals surface area contributed by atoms with E-state index in [4.69, 9.17) is 9.84 Å². The van der Waals surface area contributed by atoms with E-state index in [1.807, 2.05) is 43.7 Å². The van der Waals surface area contributed by atoms with E-state index >= 15 is 0 Å². The normalized spacial score (nSPS) is 9.79. The number of aryl methyl sites for hydroxylation is 1. The van der Waals surface area contributed by atoms with Crippen LogP contribution in [0.3, 0.4) is 0 Å². The topological polar surface area (TPSA) is 47.3 Å². The van der Waals surface area contributed by atoms with Gasteiger partial charge in [0, 0.05) is 25.2 Å². The number of aromatic nitrogens is 2. The van der Waals surface area contributed by atoms with E-state index < -0.39 is 0 Å². The van der Waals surface area contributed by atoms with Crippen LogP contribution in [0.2, 0.25) is 0 Å². The molecule has 4 heteroatoms. The van der Waals surface area contributed by atoms with Crippen LogP contribution in [0.15, 0.2) is 36.7 Å². The minimum absolute atomic E-state index is 0.122. The van der Waals surface area contributed by atoms with Crippen LogP contribution in [0.25, 0.3) is 0 Å². The van der Waals surface area contributed by atoms with Crippen molar-refractivity contribution in [1.82, 2.24) is 9.78 Å². The molecule has 1 aromatic carbocycles. The van der Waals surface area contributed by atoms with Crippen LogP contribution < -0.4 is 4.74 Å². The van der Waals surface area contributed by atoms with Gasteiger partial charge in [-0.2, -0.15) is 5.10 Å². The minimum atomic E-state index is -0.122. The van der Waals surface area contributed by atoms with Crippen LogP contribution in [-0.2, 0) is 13.5 Å². The third kappa shape index (κ3) is 4.16. The number of benzene rings is 1. The van der Waals surface area contributed by atoms with Gasteiger partial charge in [0.2, 0.25) is 0 Å². The van der Waals surface area contributed by atoms with Gasteiger partial charge in [-0.05, 0) is 29.8 Å². The Hall–Kier alpha value is -2.25. The van der Waals surface area contributed by atoms with E-state index in [9.17, 15) is 0 Å². The average Bonchev–Trinajstić information content (AvgIpc) is 2.84. The number of nitrogens with zero attached hydrogens (tertiary/aromatic N) is 2. The molecule has 0 fully saturated rings. The van der Waals surface area contributed by atoms with Crippen molar-refractivity contribution in [3.05, 3.63) is 47.8 Å². The second-order valence-corrected chi connectivity index (χ2v) is 4.10. The summed E-state index contributed by atoms with van der Waals surface area (Å²) < 4.78 is 7.43. The summed E-state index contributed by atoms with van der Waals surface area (Å²) in [6, 6.07) is 7.51. The Labute approximate surface area is 112 Å². The van der Waals surface area contributed by atoms with Crippen molar-refractivity contribution in [3.63, 3.8) is 0 Å². The Morgan fingerprint density at radius 2 is 2.11 bits per heavy atom. The lowest BCUT2D eigenvalue weighted by atomic mass is 10.2. The van der Waals surface area contributed by atoms with Crippen LogP contribution >= 0.6 is 0 Å². The third-order valence-corrected chi connectivity index (χ3v) is 2.58. The summed E-state index contributed by atoms with van der Waals surface area (Å²) in [6.45, 7) is 0.497. The van der Waals surface area contributed by atoms with Gasteiger partial charge >= 0.3 is 0 Å². The quantitative estimate of drug-likeness (QED) is 0.841. The fraction of sp³-hybridized carbons (Fsp3) is 0.267. The molecule has 1 aromatic heterocycles. The predicted molar refractivity (Wildman–Crippen MR) is 72.8 cm³/mol. The first-order valence-corrected chi connectivity index (χ1v) is 6.08. The van der Waals surface area contributed by atoms with Crippen molar-refractivity contribution in [2.24, 2.45) is 7.05 Å². The van der Waals surface area contributed by atoms with Crippen LogP contribution in [0.4, 0.5) is 0 Å². The molecule has 0 unspecified atom stereocenters. The Bertz CT molecular complexity index is 576. The van der Waals surface area contributed by atoms with Crippen LogP contribution in [0, 0.1) is 11.8 Å². The molecule has 0 spiro atoms. The van der Waals surface area contributed by atoms with Crippen molar-refractivity contribution >= 4 is 0 Å². The van der Waals surface area contributed by atoms with E-state index in [1.165, 1.54) is 0 Å². The van der Waals surface area contributed by atoms with Crippen LogP contribution in [0.5, 0.6) is 5.75 Å². The number of rotatable bonds is 4. The highest BCUT2D eigenvalue weighted by Crippen LogP contribution is 2.12. The van der Waals surface area contributed by atoms with Crippen LogP contribution in [0.1, 0.15) is 11.1 Å². The molecule has 1 heterocycles. The highest BCUT2D eigenvalue weighted by molar-refractivity contribution is 5.38. The molecule has 4 nitrogen and oxygen atoms in total. The Kier molecular flexibility index (Phi) is 4.60. The maximum Gasteiger partial charge on any atom is 0.119 e. The summed E-state index contributed by atoms with van der Waals surface area (Å²) in [6.07, 6.45) is 4.66. The number of ether oxygens (including phenoxy) is 1. The van der Waals surface area contributed by atoms with Crippen molar-refractivity contribution < 1.29 is 9.84 Å². The maximum absolute atomic E-state index is 8.60. The van der Waals surface area contributed by atoms with Gasteiger partial charge in [0.05, 0.1) is 12.8 Å². The monoisotopic (exact) mass is 256 g/mol. The Morgan fingerprint density at radius 3 is 2.74 bits per heavy atom. The van der Waals surface area contributed by atoms with Gasteiger partial charge in [-0.25, -0.2) is 0 Å². The summed E-state index contributed by atoms with van der Waals surface area (Å²) in [7, 11) is 1.90. The summed E-state index contributed by atoms with van der Waals surface area (Å²) >= 11 is 0. The summed E-state index contributed by atoms with van der Waals surface area (Å²) in [5.74, 6) is 6.26. The van der Waals surface area contributed by atoms with Crippen LogP contribution in [-0.4, -0.2) is 28.1 Å². The van der Waals surface area contributed by atoms with Gasteiger partial charge in [-0.3, -0.25) is 4.68 Å².